The van der Waals surface area contributed by atoms with Crippen molar-refractivity contribution in [2.45, 2.75) is 26.7 Å². The third-order valence-electron chi connectivity index (χ3n) is 4.04. The molecule has 2 amide bonds. The number of hydrogen-bond donors (Lipinski definition) is 2. The fourth-order valence-electron chi connectivity index (χ4n) is 2.63. The van der Waals surface area contributed by atoms with Crippen LogP contribution in [0.2, 0.25) is 0 Å². The van der Waals surface area contributed by atoms with E-state index in [2.05, 4.69) is 25.7 Å². The van der Waals surface area contributed by atoms with Crippen molar-refractivity contribution in [2.24, 2.45) is 11.8 Å². The van der Waals surface area contributed by atoms with Crippen LogP contribution in [0.4, 0.5) is 5.82 Å². The summed E-state index contributed by atoms with van der Waals surface area (Å²) in [5.74, 6) is 1.05. The van der Waals surface area contributed by atoms with Gasteiger partial charge in [0.1, 0.15) is 0 Å². The van der Waals surface area contributed by atoms with Crippen LogP contribution in [0.5, 0.6) is 0 Å². The van der Waals surface area contributed by atoms with Crippen molar-refractivity contribution in [3.05, 3.63) is 17.8 Å². The molecule has 0 aromatic carbocycles. The fraction of sp³-hybridized carbons (Fsp3) is 0.625. The highest BCUT2D eigenvalue weighted by atomic mass is 16.2. The van der Waals surface area contributed by atoms with Crippen LogP contribution in [0, 0.1) is 11.8 Å². The molecule has 7 nitrogen and oxygen atoms in total. The van der Waals surface area contributed by atoms with Gasteiger partial charge in [0, 0.05) is 32.6 Å². The molecule has 0 saturated carbocycles. The van der Waals surface area contributed by atoms with Crippen molar-refractivity contribution in [3.8, 4) is 0 Å². The minimum Gasteiger partial charge on any atom is -0.356 e. The normalized spacial score (nSPS) is 17.9. The van der Waals surface area contributed by atoms with Crippen molar-refractivity contribution in [2.75, 3.05) is 31.6 Å². The van der Waals surface area contributed by atoms with E-state index in [1.807, 2.05) is 19.9 Å². The second-order valence-electron chi connectivity index (χ2n) is 6.21. The first kappa shape index (κ1) is 17.2. The zero-order valence-electron chi connectivity index (χ0n) is 14.0. The second-order valence-corrected chi connectivity index (χ2v) is 6.21. The van der Waals surface area contributed by atoms with Crippen LogP contribution < -0.4 is 15.5 Å². The number of aromatic nitrogens is 2. The van der Waals surface area contributed by atoms with Gasteiger partial charge in [-0.15, -0.1) is 10.2 Å². The van der Waals surface area contributed by atoms with Crippen molar-refractivity contribution >= 4 is 17.6 Å². The zero-order valence-corrected chi connectivity index (χ0v) is 14.0. The largest absolute Gasteiger partial charge is 0.356 e. The maximum Gasteiger partial charge on any atom is 0.271 e. The molecule has 7 heteroatoms. The van der Waals surface area contributed by atoms with E-state index in [1.54, 1.807) is 13.1 Å². The molecular weight excluding hydrogens is 294 g/mol. The Balaban J connectivity index is 1.92. The van der Waals surface area contributed by atoms with Crippen molar-refractivity contribution in [1.29, 1.82) is 0 Å². The van der Waals surface area contributed by atoms with E-state index in [9.17, 15) is 9.59 Å². The van der Waals surface area contributed by atoms with Gasteiger partial charge < -0.3 is 15.5 Å². The van der Waals surface area contributed by atoms with Gasteiger partial charge in [-0.25, -0.2) is 0 Å². The molecule has 1 saturated heterocycles. The lowest BCUT2D eigenvalue weighted by atomic mass is 9.97. The molecule has 1 aliphatic rings. The molecule has 2 N–H and O–H groups in total. The number of rotatable bonds is 5. The highest BCUT2D eigenvalue weighted by Crippen LogP contribution is 2.20. The van der Waals surface area contributed by atoms with Crippen molar-refractivity contribution < 1.29 is 9.59 Å². The molecule has 0 aliphatic carbocycles. The average molecular weight is 319 g/mol. The van der Waals surface area contributed by atoms with Gasteiger partial charge in [-0.1, -0.05) is 13.8 Å². The van der Waals surface area contributed by atoms with Gasteiger partial charge in [-0.2, -0.15) is 0 Å². The van der Waals surface area contributed by atoms with Gasteiger partial charge in [-0.3, -0.25) is 9.59 Å². The van der Waals surface area contributed by atoms with E-state index >= 15 is 0 Å². The lowest BCUT2D eigenvalue weighted by molar-refractivity contribution is -0.124. The van der Waals surface area contributed by atoms with Gasteiger partial charge in [0.2, 0.25) is 5.91 Å². The third-order valence-corrected chi connectivity index (χ3v) is 4.04. The zero-order chi connectivity index (χ0) is 16.8. The Bertz CT molecular complexity index is 544. The van der Waals surface area contributed by atoms with Crippen LogP contribution in [-0.2, 0) is 4.79 Å². The Morgan fingerprint density at radius 2 is 2.13 bits per heavy atom. The molecule has 0 spiro atoms. The van der Waals surface area contributed by atoms with Gasteiger partial charge in [0.05, 0.1) is 0 Å². The molecule has 0 bridgehead atoms. The van der Waals surface area contributed by atoms with E-state index in [0.717, 1.165) is 31.7 Å². The third kappa shape index (κ3) is 4.64. The average Bonchev–Trinajstić information content (AvgIpc) is 2.59. The summed E-state index contributed by atoms with van der Waals surface area (Å²) in [6.45, 7) is 6.24. The number of carbonyl (C=O) groups is 2. The molecule has 23 heavy (non-hydrogen) atoms. The van der Waals surface area contributed by atoms with Gasteiger partial charge >= 0.3 is 0 Å². The molecule has 1 fully saturated rings. The monoisotopic (exact) mass is 319 g/mol. The van der Waals surface area contributed by atoms with E-state index in [-0.39, 0.29) is 17.7 Å². The summed E-state index contributed by atoms with van der Waals surface area (Å²) >= 11 is 0. The minimum atomic E-state index is -0.239. The summed E-state index contributed by atoms with van der Waals surface area (Å²) in [7, 11) is 1.57. The topological polar surface area (TPSA) is 87.2 Å². The van der Waals surface area contributed by atoms with Gasteiger partial charge in [-0.05, 0) is 30.9 Å². The van der Waals surface area contributed by atoms with Crippen LogP contribution in [-0.4, -0.2) is 48.7 Å². The summed E-state index contributed by atoms with van der Waals surface area (Å²) in [5.41, 5.74) is 0.314. The second kappa shape index (κ2) is 7.89. The number of hydrogen-bond acceptors (Lipinski definition) is 5. The number of nitrogens with one attached hydrogen (secondary N) is 2. The van der Waals surface area contributed by atoms with E-state index < -0.39 is 0 Å². The number of carbonyl (C=O) groups excluding carboxylic acids is 2. The molecule has 2 rings (SSSR count). The summed E-state index contributed by atoms with van der Waals surface area (Å²) in [6, 6.07) is 3.51. The predicted molar refractivity (Wildman–Crippen MR) is 88.2 cm³/mol. The fourth-order valence-corrected chi connectivity index (χ4v) is 2.63. The number of nitrogens with zero attached hydrogens (tertiary/aromatic N) is 3. The van der Waals surface area contributed by atoms with Crippen LogP contribution in [0.25, 0.3) is 0 Å². The lowest BCUT2D eigenvalue weighted by Gasteiger charge is -2.33. The van der Waals surface area contributed by atoms with Crippen molar-refractivity contribution in [1.82, 2.24) is 20.8 Å². The molecule has 1 aromatic rings. The Hall–Kier alpha value is -2.18. The quantitative estimate of drug-likeness (QED) is 0.839. The first-order valence-electron chi connectivity index (χ1n) is 8.09. The van der Waals surface area contributed by atoms with Crippen LogP contribution >= 0.6 is 0 Å². The molecular formula is C16H25N5O2. The van der Waals surface area contributed by atoms with Crippen LogP contribution in [0.3, 0.4) is 0 Å². The Morgan fingerprint density at radius 3 is 2.74 bits per heavy atom. The molecule has 1 unspecified atom stereocenters. The predicted octanol–water partition coefficient (Wildman–Crippen LogP) is 0.825. The standard InChI is InChI=1S/C16H25N5O2/c1-11(2)15(22)18-9-12-5-4-8-21(10-12)14-7-6-13(19-20-14)16(23)17-3/h6-7,11-12H,4-5,8-10H2,1-3H3,(H,17,23)(H,18,22). The summed E-state index contributed by atoms with van der Waals surface area (Å²) in [5, 5.41) is 13.7. The Labute approximate surface area is 136 Å². The summed E-state index contributed by atoms with van der Waals surface area (Å²) in [6.07, 6.45) is 2.15. The Kier molecular flexibility index (Phi) is 5.90. The summed E-state index contributed by atoms with van der Waals surface area (Å²) < 4.78 is 0. The van der Waals surface area contributed by atoms with E-state index in [1.165, 1.54) is 0 Å². The maximum absolute atomic E-state index is 11.7. The number of piperidine rings is 1. The maximum atomic E-state index is 11.7. The Morgan fingerprint density at radius 1 is 1.35 bits per heavy atom. The molecule has 1 aliphatic heterocycles. The highest BCUT2D eigenvalue weighted by molar-refractivity contribution is 5.91. The molecule has 1 aromatic heterocycles. The van der Waals surface area contributed by atoms with Crippen LogP contribution in [0.1, 0.15) is 37.2 Å². The highest BCUT2D eigenvalue weighted by Gasteiger charge is 2.22. The number of anilines is 1. The van der Waals surface area contributed by atoms with Crippen molar-refractivity contribution in [3.63, 3.8) is 0 Å². The first-order valence-corrected chi connectivity index (χ1v) is 8.09. The van der Waals surface area contributed by atoms with Gasteiger partial charge in [0.15, 0.2) is 11.5 Å². The lowest BCUT2D eigenvalue weighted by Crippen LogP contribution is -2.42. The molecule has 0 radical (unpaired) electrons. The molecule has 2 heterocycles. The SMILES string of the molecule is CNC(=O)c1ccc(N2CCCC(CNC(=O)C(C)C)C2)nn1. The molecule has 1 atom stereocenters. The molecule has 126 valence electrons. The van der Waals surface area contributed by atoms with E-state index in [0.29, 0.717) is 18.2 Å². The minimum absolute atomic E-state index is 0.0119. The summed E-state index contributed by atoms with van der Waals surface area (Å²) in [4.78, 5) is 25.3. The smallest absolute Gasteiger partial charge is 0.271 e. The van der Waals surface area contributed by atoms with Gasteiger partial charge in [0.25, 0.3) is 5.91 Å². The van der Waals surface area contributed by atoms with Crippen LogP contribution in [0.15, 0.2) is 12.1 Å². The first-order chi connectivity index (χ1) is 11.0. The number of amides is 2. The van der Waals surface area contributed by atoms with E-state index in [4.69, 9.17) is 0 Å².